The number of allylic oxidation sites excluding steroid dienone is 1. The second-order valence-corrected chi connectivity index (χ2v) is 5.28. The van der Waals surface area contributed by atoms with Crippen LogP contribution in [0.5, 0.6) is 0 Å². The van der Waals surface area contributed by atoms with E-state index < -0.39 is 12.0 Å². The number of carbonyl (C=O) groups is 2. The summed E-state index contributed by atoms with van der Waals surface area (Å²) in [6.07, 6.45) is 6.06. The normalized spacial score (nSPS) is 21.0. The molecule has 21 heavy (non-hydrogen) atoms. The molecule has 1 unspecified atom stereocenters. The Morgan fingerprint density at radius 2 is 2.19 bits per heavy atom. The van der Waals surface area contributed by atoms with Crippen LogP contribution in [0.1, 0.15) is 27.9 Å². The van der Waals surface area contributed by atoms with Gasteiger partial charge in [-0.1, -0.05) is 18.2 Å². The number of rotatable bonds is 2. The highest BCUT2D eigenvalue weighted by molar-refractivity contribution is 5.97. The number of carboxylic acids is 1. The Hall–Kier alpha value is -2.14. The van der Waals surface area contributed by atoms with E-state index in [0.717, 1.165) is 24.0 Å². The summed E-state index contributed by atoms with van der Waals surface area (Å²) in [4.78, 5) is 25.2. The van der Waals surface area contributed by atoms with Gasteiger partial charge < -0.3 is 14.7 Å². The number of carbonyl (C=O) groups excluding carboxylic acids is 1. The summed E-state index contributed by atoms with van der Waals surface area (Å²) in [5.74, 6) is -1.26. The van der Waals surface area contributed by atoms with Crippen molar-refractivity contribution in [1.82, 2.24) is 4.90 Å². The van der Waals surface area contributed by atoms with Crippen LogP contribution in [0.3, 0.4) is 0 Å². The molecule has 1 N–H and O–H groups in total. The summed E-state index contributed by atoms with van der Waals surface area (Å²) in [5.41, 5.74) is 2.83. The lowest BCUT2D eigenvalue weighted by Crippen LogP contribution is -2.52. The van der Waals surface area contributed by atoms with Crippen molar-refractivity contribution in [3.05, 3.63) is 41.0 Å². The fraction of sp³-hybridized carbons (Fsp3) is 0.375. The lowest BCUT2D eigenvalue weighted by Gasteiger charge is -2.33. The number of nitrogens with zero attached hydrogens (tertiary/aromatic N) is 1. The molecule has 3 rings (SSSR count). The minimum absolute atomic E-state index is 0.0503. The Labute approximate surface area is 122 Å². The van der Waals surface area contributed by atoms with Gasteiger partial charge in [0.2, 0.25) is 0 Å². The van der Waals surface area contributed by atoms with Crippen molar-refractivity contribution in [3.8, 4) is 0 Å². The highest BCUT2D eigenvalue weighted by Crippen LogP contribution is 2.22. The van der Waals surface area contributed by atoms with Crippen LogP contribution >= 0.6 is 0 Å². The number of fused-ring (bicyclic) bond motifs is 1. The van der Waals surface area contributed by atoms with Crippen molar-refractivity contribution in [2.75, 3.05) is 19.8 Å². The van der Waals surface area contributed by atoms with E-state index >= 15 is 0 Å². The smallest absolute Gasteiger partial charge is 0.328 e. The van der Waals surface area contributed by atoms with E-state index in [-0.39, 0.29) is 12.5 Å². The predicted octanol–water partition coefficient (Wildman–Crippen LogP) is 1.57. The molecule has 110 valence electrons. The molecule has 0 radical (unpaired) electrons. The Morgan fingerprint density at radius 1 is 1.33 bits per heavy atom. The van der Waals surface area contributed by atoms with Crippen molar-refractivity contribution in [3.63, 3.8) is 0 Å². The standard InChI is InChI=1S/C16H17NO4/c18-15(17-7-8-21-10-14(17)16(19)20)13-6-5-11-3-1-2-4-12(11)9-13/h1,3,5-6,9,14H,2,4,7-8,10H2,(H,19,20). The van der Waals surface area contributed by atoms with Gasteiger partial charge in [0.15, 0.2) is 6.04 Å². The Morgan fingerprint density at radius 3 is 3.00 bits per heavy atom. The number of aryl methyl sites for hydroxylation is 1. The van der Waals surface area contributed by atoms with Crippen LogP contribution in [0.25, 0.3) is 6.08 Å². The highest BCUT2D eigenvalue weighted by Gasteiger charge is 2.33. The Balaban J connectivity index is 1.87. The molecule has 5 heteroatoms. The lowest BCUT2D eigenvalue weighted by atomic mass is 9.95. The van der Waals surface area contributed by atoms with Crippen molar-refractivity contribution in [2.24, 2.45) is 0 Å². The largest absolute Gasteiger partial charge is 0.480 e. The molecule has 1 fully saturated rings. The van der Waals surface area contributed by atoms with E-state index in [1.165, 1.54) is 4.90 Å². The molecule has 0 saturated carbocycles. The van der Waals surface area contributed by atoms with Gasteiger partial charge in [0, 0.05) is 12.1 Å². The molecule has 1 aliphatic carbocycles. The third-order valence-electron chi connectivity index (χ3n) is 3.94. The zero-order chi connectivity index (χ0) is 14.8. The van der Waals surface area contributed by atoms with E-state index in [2.05, 4.69) is 12.2 Å². The van der Waals surface area contributed by atoms with Crippen molar-refractivity contribution >= 4 is 18.0 Å². The molecule has 0 bridgehead atoms. The summed E-state index contributed by atoms with van der Waals surface area (Å²) >= 11 is 0. The van der Waals surface area contributed by atoms with Crippen LogP contribution in [0, 0.1) is 0 Å². The van der Waals surface area contributed by atoms with Gasteiger partial charge in [0.25, 0.3) is 5.91 Å². The molecule has 1 aromatic rings. The number of ether oxygens (including phenoxy) is 1. The zero-order valence-corrected chi connectivity index (χ0v) is 11.6. The first-order chi connectivity index (χ1) is 10.2. The SMILES string of the molecule is O=C(O)C1COCCN1C(=O)c1ccc2c(c1)CCC=C2. The molecule has 0 spiro atoms. The molecule has 1 saturated heterocycles. The first-order valence-electron chi connectivity index (χ1n) is 7.08. The molecule has 5 nitrogen and oxygen atoms in total. The van der Waals surface area contributed by atoms with Gasteiger partial charge in [0.1, 0.15) is 0 Å². The molecule has 1 atom stereocenters. The van der Waals surface area contributed by atoms with Gasteiger partial charge in [-0.25, -0.2) is 4.79 Å². The second-order valence-electron chi connectivity index (χ2n) is 5.28. The Bertz CT molecular complexity index is 608. The predicted molar refractivity (Wildman–Crippen MR) is 77.1 cm³/mol. The molecule has 1 aromatic carbocycles. The lowest BCUT2D eigenvalue weighted by molar-refractivity contribution is -0.147. The summed E-state index contributed by atoms with van der Waals surface area (Å²) < 4.78 is 5.17. The number of amides is 1. The highest BCUT2D eigenvalue weighted by atomic mass is 16.5. The molecule has 1 amide bonds. The first kappa shape index (κ1) is 13.8. The van der Waals surface area contributed by atoms with Gasteiger partial charge in [-0.15, -0.1) is 0 Å². The van der Waals surface area contributed by atoms with Crippen LogP contribution in [-0.2, 0) is 16.0 Å². The fourth-order valence-electron chi connectivity index (χ4n) is 2.78. The van der Waals surface area contributed by atoms with E-state index in [0.29, 0.717) is 18.7 Å². The van der Waals surface area contributed by atoms with Crippen LogP contribution in [-0.4, -0.2) is 47.7 Å². The maximum Gasteiger partial charge on any atom is 0.328 e. The van der Waals surface area contributed by atoms with Gasteiger partial charge in [0.05, 0.1) is 13.2 Å². The van der Waals surface area contributed by atoms with Crippen molar-refractivity contribution in [1.29, 1.82) is 0 Å². The second kappa shape index (κ2) is 5.69. The average Bonchev–Trinajstić information content (AvgIpc) is 2.53. The van der Waals surface area contributed by atoms with Crippen LogP contribution in [0.4, 0.5) is 0 Å². The van der Waals surface area contributed by atoms with Crippen molar-refractivity contribution < 1.29 is 19.4 Å². The number of benzene rings is 1. The van der Waals surface area contributed by atoms with Crippen molar-refractivity contribution in [2.45, 2.75) is 18.9 Å². The summed E-state index contributed by atoms with van der Waals surface area (Å²) in [6.45, 7) is 0.741. The summed E-state index contributed by atoms with van der Waals surface area (Å²) in [5, 5.41) is 9.21. The number of hydrogen-bond donors (Lipinski definition) is 1. The maximum absolute atomic E-state index is 12.6. The number of aliphatic carboxylic acids is 1. The van der Waals surface area contributed by atoms with E-state index in [1.807, 2.05) is 12.1 Å². The maximum atomic E-state index is 12.6. The molecular formula is C16H17NO4. The van der Waals surface area contributed by atoms with Gasteiger partial charge >= 0.3 is 5.97 Å². The molecular weight excluding hydrogens is 270 g/mol. The molecule has 1 heterocycles. The third-order valence-corrected chi connectivity index (χ3v) is 3.94. The molecule has 0 aromatic heterocycles. The number of morpholine rings is 1. The zero-order valence-electron chi connectivity index (χ0n) is 11.6. The minimum atomic E-state index is -1.02. The number of hydrogen-bond acceptors (Lipinski definition) is 3. The van der Waals surface area contributed by atoms with Gasteiger partial charge in [-0.3, -0.25) is 4.79 Å². The third kappa shape index (κ3) is 2.69. The van der Waals surface area contributed by atoms with E-state index in [4.69, 9.17) is 4.74 Å². The quantitative estimate of drug-likeness (QED) is 0.896. The molecule has 2 aliphatic rings. The number of carboxylic acid groups (broad SMARTS) is 1. The Kier molecular flexibility index (Phi) is 3.75. The van der Waals surface area contributed by atoms with Gasteiger partial charge in [-0.05, 0) is 36.1 Å². The average molecular weight is 287 g/mol. The van der Waals surface area contributed by atoms with E-state index in [9.17, 15) is 14.7 Å². The minimum Gasteiger partial charge on any atom is -0.480 e. The van der Waals surface area contributed by atoms with E-state index in [1.54, 1.807) is 6.07 Å². The topological polar surface area (TPSA) is 66.8 Å². The van der Waals surface area contributed by atoms with Crippen LogP contribution in [0.15, 0.2) is 24.3 Å². The van der Waals surface area contributed by atoms with Crippen LogP contribution < -0.4 is 0 Å². The van der Waals surface area contributed by atoms with Crippen LogP contribution in [0.2, 0.25) is 0 Å². The first-order valence-corrected chi connectivity index (χ1v) is 7.08. The summed E-state index contributed by atoms with van der Waals surface area (Å²) in [6, 6.07) is 4.68. The summed E-state index contributed by atoms with van der Waals surface area (Å²) in [7, 11) is 0. The molecule has 1 aliphatic heterocycles. The monoisotopic (exact) mass is 287 g/mol. The fourth-order valence-corrected chi connectivity index (χ4v) is 2.78. The van der Waals surface area contributed by atoms with Gasteiger partial charge in [-0.2, -0.15) is 0 Å².